The molecule has 0 aliphatic heterocycles. The monoisotopic (exact) mass is 496 g/mol. The number of azo groups is 2. The number of carbonyl (C=O) groups excluding carboxylic acids is 1. The summed E-state index contributed by atoms with van der Waals surface area (Å²) in [6, 6.07) is 22.3. The normalized spacial score (nSPS) is 11.6. The Bertz CT molecular complexity index is 1310. The first-order chi connectivity index (χ1) is 17.7. The van der Waals surface area contributed by atoms with E-state index in [1.165, 1.54) is 0 Å². The highest BCUT2D eigenvalue weighted by Crippen LogP contribution is 2.28. The van der Waals surface area contributed by atoms with Crippen molar-refractivity contribution < 1.29 is 9.53 Å². The van der Waals surface area contributed by atoms with Crippen molar-refractivity contribution in [3.05, 3.63) is 77.9 Å². The molecular weight excluding hydrogens is 464 g/mol. The van der Waals surface area contributed by atoms with Gasteiger partial charge in [-0.05, 0) is 99.5 Å². The van der Waals surface area contributed by atoms with Crippen LogP contribution < -0.4 is 4.90 Å². The highest BCUT2D eigenvalue weighted by atomic mass is 16.5. The highest BCUT2D eigenvalue weighted by molar-refractivity contribution is 5.75. The van der Waals surface area contributed by atoms with Crippen LogP contribution >= 0.6 is 0 Å². The first kappa shape index (κ1) is 27.2. The predicted octanol–water partition coefficient (Wildman–Crippen LogP) is 8.11. The van der Waals surface area contributed by atoms with Crippen LogP contribution in [0.25, 0.3) is 0 Å². The quantitative estimate of drug-likeness (QED) is 0.209. The fraction of sp³-hybridized carbons (Fsp3) is 0.310. The second-order valence-corrected chi connectivity index (χ2v) is 9.34. The molecule has 0 atom stereocenters. The molecule has 0 aliphatic rings. The molecule has 0 spiro atoms. The van der Waals surface area contributed by atoms with Gasteiger partial charge >= 0.3 is 5.97 Å². The molecule has 0 unspecified atom stereocenters. The van der Waals surface area contributed by atoms with Gasteiger partial charge in [-0.1, -0.05) is 6.92 Å². The highest BCUT2D eigenvalue weighted by Gasteiger charge is 2.26. The molecular formula is C29H32N6O2. The van der Waals surface area contributed by atoms with E-state index in [2.05, 4.69) is 26.5 Å². The number of anilines is 1. The molecule has 0 saturated heterocycles. The van der Waals surface area contributed by atoms with Gasteiger partial charge in [0.25, 0.3) is 0 Å². The molecule has 3 aromatic rings. The zero-order valence-electron chi connectivity index (χ0n) is 22.0. The molecule has 190 valence electrons. The van der Waals surface area contributed by atoms with E-state index in [1.54, 1.807) is 24.3 Å². The molecule has 8 heteroatoms. The maximum absolute atomic E-state index is 12.1. The molecule has 0 saturated carbocycles. The van der Waals surface area contributed by atoms with E-state index in [-0.39, 0.29) is 5.97 Å². The number of ether oxygens (including phenoxy) is 1. The largest absolute Gasteiger partial charge is 0.463 e. The number of rotatable bonds is 10. The van der Waals surface area contributed by atoms with E-state index >= 15 is 0 Å². The molecule has 0 N–H and O–H groups in total. The molecule has 0 aromatic heterocycles. The van der Waals surface area contributed by atoms with Crippen molar-refractivity contribution in [1.29, 1.82) is 5.26 Å². The minimum atomic E-state index is -0.458. The number of likely N-dealkylation sites (N-methyl/N-ethyl adjacent to an activating group) is 1. The Balaban J connectivity index is 1.55. The zero-order chi connectivity index (χ0) is 26.8. The van der Waals surface area contributed by atoms with Gasteiger partial charge in [-0.3, -0.25) is 4.79 Å². The Morgan fingerprint density at radius 1 is 0.919 bits per heavy atom. The van der Waals surface area contributed by atoms with Crippen LogP contribution in [-0.4, -0.2) is 26.2 Å². The van der Waals surface area contributed by atoms with E-state index in [4.69, 9.17) is 10.00 Å². The van der Waals surface area contributed by atoms with Crippen molar-refractivity contribution in [3.63, 3.8) is 0 Å². The molecule has 3 aromatic carbocycles. The number of benzene rings is 3. The summed E-state index contributed by atoms with van der Waals surface area (Å²) in [5.41, 5.74) is 4.91. The average Bonchev–Trinajstić information content (AvgIpc) is 2.91. The topological polar surface area (TPSA) is 103 Å². The molecule has 37 heavy (non-hydrogen) atoms. The summed E-state index contributed by atoms with van der Waals surface area (Å²) in [7, 11) is 1.96. The molecule has 0 aliphatic carbocycles. The summed E-state index contributed by atoms with van der Waals surface area (Å²) in [5, 5.41) is 26.1. The van der Waals surface area contributed by atoms with Crippen LogP contribution in [0.5, 0.6) is 0 Å². The van der Waals surface area contributed by atoms with Gasteiger partial charge in [0.15, 0.2) is 0 Å². The first-order valence-electron chi connectivity index (χ1n) is 12.1. The van der Waals surface area contributed by atoms with E-state index in [1.807, 2.05) is 82.1 Å². The predicted molar refractivity (Wildman–Crippen MR) is 145 cm³/mol. The summed E-state index contributed by atoms with van der Waals surface area (Å²) in [6.45, 7) is 8.65. The van der Waals surface area contributed by atoms with E-state index in [9.17, 15) is 4.79 Å². The number of esters is 1. The summed E-state index contributed by atoms with van der Waals surface area (Å²) < 4.78 is 5.43. The lowest BCUT2D eigenvalue weighted by molar-refractivity contribution is -0.153. The number of nitriles is 1. The van der Waals surface area contributed by atoms with Crippen LogP contribution in [0.1, 0.15) is 38.3 Å². The lowest BCUT2D eigenvalue weighted by Crippen LogP contribution is -2.30. The molecule has 0 bridgehead atoms. The van der Waals surface area contributed by atoms with Gasteiger partial charge in [-0.15, -0.1) is 0 Å². The lowest BCUT2D eigenvalue weighted by Gasteiger charge is -2.23. The maximum Gasteiger partial charge on any atom is 0.311 e. The SMILES string of the molecule is CCC(C)(C)C(=O)OCCN(C)c1ccc(/N=N/c2ccc(/N=N/c3ccc(C#N)cc3)cc2C)cc1. The van der Waals surface area contributed by atoms with Crippen LogP contribution in [0, 0.1) is 23.7 Å². The Morgan fingerprint density at radius 2 is 1.49 bits per heavy atom. The van der Waals surface area contributed by atoms with Gasteiger partial charge < -0.3 is 9.64 Å². The molecule has 8 nitrogen and oxygen atoms in total. The minimum Gasteiger partial charge on any atom is -0.463 e. The average molecular weight is 497 g/mol. The molecule has 0 amide bonds. The van der Waals surface area contributed by atoms with Gasteiger partial charge in [0.1, 0.15) is 6.61 Å². The van der Waals surface area contributed by atoms with Gasteiger partial charge in [-0.2, -0.15) is 25.7 Å². The third-order valence-corrected chi connectivity index (χ3v) is 6.12. The van der Waals surface area contributed by atoms with Crippen LogP contribution in [-0.2, 0) is 9.53 Å². The van der Waals surface area contributed by atoms with Crippen molar-refractivity contribution in [1.82, 2.24) is 0 Å². The van der Waals surface area contributed by atoms with E-state index in [0.29, 0.717) is 30.1 Å². The minimum absolute atomic E-state index is 0.170. The third kappa shape index (κ3) is 7.80. The van der Waals surface area contributed by atoms with Crippen molar-refractivity contribution in [2.45, 2.75) is 34.1 Å². The number of carbonyl (C=O) groups is 1. The summed E-state index contributed by atoms with van der Waals surface area (Å²) in [4.78, 5) is 14.1. The van der Waals surface area contributed by atoms with Gasteiger partial charge in [0.2, 0.25) is 0 Å². The summed E-state index contributed by atoms with van der Waals surface area (Å²) in [5.74, 6) is -0.170. The molecule has 3 rings (SSSR count). The fourth-order valence-corrected chi connectivity index (χ4v) is 3.16. The van der Waals surface area contributed by atoms with Crippen LogP contribution in [0.4, 0.5) is 28.4 Å². The molecule has 0 heterocycles. The Labute approximate surface area is 218 Å². The van der Waals surface area contributed by atoms with Gasteiger partial charge in [0.05, 0.1) is 46.3 Å². The maximum atomic E-state index is 12.1. The van der Waals surface area contributed by atoms with Crippen molar-refractivity contribution in [3.8, 4) is 6.07 Å². The van der Waals surface area contributed by atoms with Crippen LogP contribution in [0.2, 0.25) is 0 Å². The van der Waals surface area contributed by atoms with Crippen LogP contribution in [0.3, 0.4) is 0 Å². The number of hydrogen-bond donors (Lipinski definition) is 0. The Hall–Kier alpha value is -4.38. The van der Waals surface area contributed by atoms with Crippen LogP contribution in [0.15, 0.2) is 87.2 Å². The van der Waals surface area contributed by atoms with Crippen molar-refractivity contribution in [2.24, 2.45) is 25.9 Å². The third-order valence-electron chi connectivity index (χ3n) is 6.12. The second kappa shape index (κ2) is 12.5. The Morgan fingerprint density at radius 3 is 2.08 bits per heavy atom. The number of aryl methyl sites for hydroxylation is 1. The standard InChI is InChI=1S/C29H32N6O2/c1-6-29(3,4)28(36)37-18-17-35(5)26-14-11-24(12-15-26)32-34-27-16-13-25(19-21(27)2)33-31-23-9-7-22(20-30)8-10-23/h7-16,19H,6,17-18H2,1-5H3/b33-31+,34-32+. The van der Waals surface area contributed by atoms with Crippen molar-refractivity contribution >= 4 is 34.4 Å². The lowest BCUT2D eigenvalue weighted by atomic mass is 9.91. The molecule has 0 radical (unpaired) electrons. The van der Waals surface area contributed by atoms with Gasteiger partial charge in [-0.25, -0.2) is 0 Å². The zero-order valence-corrected chi connectivity index (χ0v) is 22.0. The molecule has 0 fully saturated rings. The first-order valence-corrected chi connectivity index (χ1v) is 12.1. The fourth-order valence-electron chi connectivity index (χ4n) is 3.16. The summed E-state index contributed by atoms with van der Waals surface area (Å²) in [6.07, 6.45) is 0.742. The van der Waals surface area contributed by atoms with E-state index in [0.717, 1.165) is 29.0 Å². The summed E-state index contributed by atoms with van der Waals surface area (Å²) >= 11 is 0. The number of hydrogen-bond acceptors (Lipinski definition) is 8. The second-order valence-electron chi connectivity index (χ2n) is 9.34. The smallest absolute Gasteiger partial charge is 0.311 e. The van der Waals surface area contributed by atoms with Gasteiger partial charge in [0, 0.05) is 12.7 Å². The van der Waals surface area contributed by atoms with Crippen molar-refractivity contribution in [2.75, 3.05) is 25.1 Å². The van der Waals surface area contributed by atoms with E-state index < -0.39 is 5.41 Å². The Kier molecular flexibility index (Phi) is 9.22. The number of nitrogens with zero attached hydrogens (tertiary/aromatic N) is 6.